The van der Waals surface area contributed by atoms with Gasteiger partial charge in [0, 0.05) is 37.7 Å². The van der Waals surface area contributed by atoms with Crippen LogP contribution < -0.4 is 4.74 Å². The van der Waals surface area contributed by atoms with Crippen LogP contribution in [0.5, 0.6) is 5.75 Å². The van der Waals surface area contributed by atoms with Gasteiger partial charge in [0.25, 0.3) is 0 Å². The Morgan fingerprint density at radius 2 is 1.94 bits per heavy atom. The maximum atomic E-state index is 13.4. The normalized spacial score (nSPS) is 22.5. The highest BCUT2D eigenvalue weighted by Gasteiger charge is 2.36. The van der Waals surface area contributed by atoms with Crippen LogP contribution in [-0.4, -0.2) is 61.2 Å². The predicted molar refractivity (Wildman–Crippen MR) is 125 cm³/mol. The second-order valence-corrected chi connectivity index (χ2v) is 10.5. The fourth-order valence-electron chi connectivity index (χ4n) is 5.11. The van der Waals surface area contributed by atoms with E-state index in [1.807, 2.05) is 12.1 Å². The molecule has 0 radical (unpaired) electrons. The van der Waals surface area contributed by atoms with Gasteiger partial charge < -0.3 is 14.4 Å². The van der Waals surface area contributed by atoms with E-state index in [0.29, 0.717) is 24.3 Å². The lowest BCUT2D eigenvalue weighted by Crippen LogP contribution is -2.47. The first-order chi connectivity index (χ1) is 14.8. The van der Waals surface area contributed by atoms with Gasteiger partial charge in [-0.2, -0.15) is 0 Å². The molecule has 0 spiro atoms. The number of likely N-dealkylation sites (tertiary alicyclic amines) is 1. The standard InChI is InChI=1S/C26H42N2O3/c1-20(2)17-28(25(29)22-12-15-31-26(3,4)16-22)18-21-10-13-27(14-11-21)19-23-8-6-7-9-24(23)30-5/h6-9,20-22H,10-19H2,1-5H3. The molecule has 0 N–H and O–H groups in total. The van der Waals surface area contributed by atoms with Crippen molar-refractivity contribution in [1.82, 2.24) is 9.80 Å². The number of amides is 1. The summed E-state index contributed by atoms with van der Waals surface area (Å²) in [4.78, 5) is 18.1. The minimum atomic E-state index is -0.189. The van der Waals surface area contributed by atoms with Gasteiger partial charge in [-0.1, -0.05) is 32.0 Å². The maximum Gasteiger partial charge on any atom is 0.225 e. The molecule has 5 heteroatoms. The van der Waals surface area contributed by atoms with Gasteiger partial charge in [0.2, 0.25) is 5.91 Å². The molecule has 1 unspecified atom stereocenters. The molecule has 0 aliphatic carbocycles. The molecule has 0 bridgehead atoms. The minimum Gasteiger partial charge on any atom is -0.496 e. The number of hydrogen-bond donors (Lipinski definition) is 0. The second-order valence-electron chi connectivity index (χ2n) is 10.5. The third kappa shape index (κ3) is 6.95. The second kappa shape index (κ2) is 10.8. The van der Waals surface area contributed by atoms with Crippen molar-refractivity contribution in [3.05, 3.63) is 29.8 Å². The number of hydrogen-bond acceptors (Lipinski definition) is 4. The van der Waals surface area contributed by atoms with Crippen molar-refractivity contribution in [1.29, 1.82) is 0 Å². The molecule has 0 saturated carbocycles. The Labute approximate surface area is 189 Å². The van der Waals surface area contributed by atoms with Gasteiger partial charge in [0.05, 0.1) is 12.7 Å². The fourth-order valence-corrected chi connectivity index (χ4v) is 5.11. The summed E-state index contributed by atoms with van der Waals surface area (Å²) >= 11 is 0. The van der Waals surface area contributed by atoms with Crippen molar-refractivity contribution in [3.8, 4) is 5.75 Å². The molecule has 3 rings (SSSR count). The first-order valence-electron chi connectivity index (χ1n) is 12.0. The molecule has 2 aliphatic rings. The molecule has 0 aromatic heterocycles. The van der Waals surface area contributed by atoms with E-state index in [-0.39, 0.29) is 11.5 Å². The maximum absolute atomic E-state index is 13.4. The zero-order valence-corrected chi connectivity index (χ0v) is 20.2. The van der Waals surface area contributed by atoms with Gasteiger partial charge in [-0.15, -0.1) is 0 Å². The predicted octanol–water partition coefficient (Wildman–Crippen LogP) is 4.60. The number of benzene rings is 1. The summed E-state index contributed by atoms with van der Waals surface area (Å²) in [5.74, 6) is 2.50. The van der Waals surface area contributed by atoms with E-state index in [2.05, 4.69) is 49.6 Å². The number of carbonyl (C=O) groups excluding carboxylic acids is 1. The number of rotatable bonds is 8. The van der Waals surface area contributed by atoms with Crippen LogP contribution in [0.3, 0.4) is 0 Å². The monoisotopic (exact) mass is 430 g/mol. The Balaban J connectivity index is 1.55. The Morgan fingerprint density at radius 1 is 1.23 bits per heavy atom. The highest BCUT2D eigenvalue weighted by atomic mass is 16.5. The van der Waals surface area contributed by atoms with Gasteiger partial charge in [0.1, 0.15) is 5.75 Å². The lowest BCUT2D eigenvalue weighted by molar-refractivity contribution is -0.146. The summed E-state index contributed by atoms with van der Waals surface area (Å²) in [6.07, 6.45) is 3.98. The smallest absolute Gasteiger partial charge is 0.225 e. The van der Waals surface area contributed by atoms with E-state index in [4.69, 9.17) is 9.47 Å². The average Bonchev–Trinajstić information content (AvgIpc) is 2.73. The summed E-state index contributed by atoms with van der Waals surface area (Å²) in [6.45, 7) is 14.2. The lowest BCUT2D eigenvalue weighted by Gasteiger charge is -2.39. The zero-order chi connectivity index (χ0) is 22.4. The third-order valence-electron chi connectivity index (χ3n) is 6.72. The number of para-hydroxylation sites is 1. The molecule has 5 nitrogen and oxygen atoms in total. The largest absolute Gasteiger partial charge is 0.496 e. The first-order valence-corrected chi connectivity index (χ1v) is 12.0. The molecule has 31 heavy (non-hydrogen) atoms. The third-order valence-corrected chi connectivity index (χ3v) is 6.72. The van der Waals surface area contributed by atoms with Crippen LogP contribution in [0.15, 0.2) is 24.3 Å². The van der Waals surface area contributed by atoms with Gasteiger partial charge in [0.15, 0.2) is 0 Å². The van der Waals surface area contributed by atoms with Crippen molar-refractivity contribution in [3.63, 3.8) is 0 Å². The quantitative estimate of drug-likeness (QED) is 0.605. The Kier molecular flexibility index (Phi) is 8.40. The summed E-state index contributed by atoms with van der Waals surface area (Å²) in [5, 5.41) is 0. The van der Waals surface area contributed by atoms with Gasteiger partial charge >= 0.3 is 0 Å². The van der Waals surface area contributed by atoms with Crippen molar-refractivity contribution >= 4 is 5.91 Å². The van der Waals surface area contributed by atoms with E-state index >= 15 is 0 Å². The van der Waals surface area contributed by atoms with E-state index in [1.165, 1.54) is 5.56 Å². The van der Waals surface area contributed by atoms with Crippen molar-refractivity contribution in [2.24, 2.45) is 17.8 Å². The molecule has 2 saturated heterocycles. The van der Waals surface area contributed by atoms with Gasteiger partial charge in [-0.3, -0.25) is 9.69 Å². The van der Waals surface area contributed by atoms with E-state index in [9.17, 15) is 4.79 Å². The summed E-state index contributed by atoms with van der Waals surface area (Å²) in [5.41, 5.74) is 1.06. The van der Waals surface area contributed by atoms with Crippen LogP contribution in [0.4, 0.5) is 0 Å². The molecule has 1 aromatic rings. The minimum absolute atomic E-state index is 0.105. The first kappa shape index (κ1) is 24.1. The number of carbonyl (C=O) groups is 1. The fraction of sp³-hybridized carbons (Fsp3) is 0.731. The van der Waals surface area contributed by atoms with Crippen molar-refractivity contribution in [2.45, 2.75) is 65.5 Å². The van der Waals surface area contributed by atoms with Crippen molar-refractivity contribution < 1.29 is 14.3 Å². The zero-order valence-electron chi connectivity index (χ0n) is 20.2. The lowest BCUT2D eigenvalue weighted by atomic mass is 9.86. The van der Waals surface area contributed by atoms with E-state index in [1.54, 1.807) is 7.11 Å². The topological polar surface area (TPSA) is 42.0 Å². The van der Waals surface area contributed by atoms with Crippen LogP contribution in [-0.2, 0) is 16.1 Å². The molecule has 174 valence electrons. The SMILES string of the molecule is COc1ccccc1CN1CCC(CN(CC(C)C)C(=O)C2CCOC(C)(C)C2)CC1. The molecule has 2 heterocycles. The number of nitrogens with zero attached hydrogens (tertiary/aromatic N) is 2. The molecular weight excluding hydrogens is 388 g/mol. The number of ether oxygens (including phenoxy) is 2. The summed E-state index contributed by atoms with van der Waals surface area (Å²) in [7, 11) is 1.74. The van der Waals surface area contributed by atoms with Crippen LogP contribution in [0.25, 0.3) is 0 Å². The Morgan fingerprint density at radius 3 is 2.58 bits per heavy atom. The molecule has 1 aromatic carbocycles. The van der Waals surface area contributed by atoms with E-state index < -0.39 is 0 Å². The van der Waals surface area contributed by atoms with Crippen molar-refractivity contribution in [2.75, 3.05) is 39.9 Å². The molecule has 2 fully saturated rings. The molecular formula is C26H42N2O3. The van der Waals surface area contributed by atoms with Crippen LogP contribution in [0.2, 0.25) is 0 Å². The number of piperidine rings is 1. The van der Waals surface area contributed by atoms with Crippen LogP contribution >= 0.6 is 0 Å². The highest BCUT2D eigenvalue weighted by molar-refractivity contribution is 5.79. The average molecular weight is 431 g/mol. The van der Waals surface area contributed by atoms with Gasteiger partial charge in [-0.25, -0.2) is 0 Å². The molecule has 1 amide bonds. The highest BCUT2D eigenvalue weighted by Crippen LogP contribution is 2.31. The Hall–Kier alpha value is -1.59. The van der Waals surface area contributed by atoms with Crippen LogP contribution in [0.1, 0.15) is 58.9 Å². The van der Waals surface area contributed by atoms with E-state index in [0.717, 1.165) is 64.2 Å². The summed E-state index contributed by atoms with van der Waals surface area (Å²) in [6, 6.07) is 8.30. The Bertz CT molecular complexity index is 710. The molecule has 1 atom stereocenters. The number of methoxy groups -OCH3 is 1. The molecule has 2 aliphatic heterocycles. The van der Waals surface area contributed by atoms with Gasteiger partial charge in [-0.05, 0) is 70.5 Å². The summed E-state index contributed by atoms with van der Waals surface area (Å²) < 4.78 is 11.4. The van der Waals surface area contributed by atoms with Crippen LogP contribution in [0, 0.1) is 17.8 Å².